The van der Waals surface area contributed by atoms with Crippen molar-refractivity contribution in [3.05, 3.63) is 50.1 Å². The highest BCUT2D eigenvalue weighted by molar-refractivity contribution is 14.1. The molecular formula is C13H6ClF3INO. The Balaban J connectivity index is 2.22. The number of aromatic nitrogens is 1. The Labute approximate surface area is 130 Å². The molecule has 1 aromatic heterocycles. The smallest absolute Gasteiger partial charge is 0.315 e. The van der Waals surface area contributed by atoms with Gasteiger partial charge in [0, 0.05) is 26.2 Å². The van der Waals surface area contributed by atoms with E-state index in [4.69, 9.17) is 11.6 Å². The Morgan fingerprint density at radius 1 is 1.30 bits per heavy atom. The van der Waals surface area contributed by atoms with Crippen LogP contribution < -0.4 is 0 Å². The molecule has 0 bridgehead atoms. The first kappa shape index (κ1) is 13.9. The van der Waals surface area contributed by atoms with Gasteiger partial charge in [0.1, 0.15) is 5.82 Å². The molecule has 104 valence electrons. The van der Waals surface area contributed by atoms with Crippen LogP contribution in [-0.2, 0) is 6.42 Å². The lowest BCUT2D eigenvalue weighted by atomic mass is 10.2. The maximum Gasteiger partial charge on any atom is 0.315 e. The molecule has 0 spiro atoms. The highest BCUT2D eigenvalue weighted by atomic mass is 127. The van der Waals surface area contributed by atoms with E-state index in [-0.39, 0.29) is 16.3 Å². The zero-order valence-electron chi connectivity index (χ0n) is 9.76. The van der Waals surface area contributed by atoms with Crippen LogP contribution in [0.2, 0.25) is 5.02 Å². The number of rotatable bonds is 1. The minimum atomic E-state index is -3.40. The minimum absolute atomic E-state index is 0.0102. The molecule has 7 heteroatoms. The molecule has 0 unspecified atom stereocenters. The normalized spacial score (nSPS) is 16.6. The topological polar surface area (TPSA) is 22.0 Å². The Kier molecular flexibility index (Phi) is 3.13. The van der Waals surface area contributed by atoms with Crippen LogP contribution in [0.5, 0.6) is 0 Å². The molecule has 1 heterocycles. The van der Waals surface area contributed by atoms with E-state index in [1.807, 2.05) is 22.6 Å². The van der Waals surface area contributed by atoms with Crippen molar-refractivity contribution in [3.8, 4) is 5.69 Å². The van der Waals surface area contributed by atoms with Crippen LogP contribution in [0.3, 0.4) is 0 Å². The van der Waals surface area contributed by atoms with Gasteiger partial charge in [0.2, 0.25) is 5.78 Å². The highest BCUT2D eigenvalue weighted by Gasteiger charge is 2.49. The Hall–Kier alpha value is -1.02. The van der Waals surface area contributed by atoms with Gasteiger partial charge in [-0.3, -0.25) is 4.79 Å². The Bertz CT molecular complexity index is 721. The predicted molar refractivity (Wildman–Crippen MR) is 76.4 cm³/mol. The average Bonchev–Trinajstić information content (AvgIpc) is 2.74. The molecule has 1 aromatic carbocycles. The first-order valence-electron chi connectivity index (χ1n) is 5.58. The molecule has 2 nitrogen and oxygen atoms in total. The molecule has 0 saturated heterocycles. The quantitative estimate of drug-likeness (QED) is 0.643. The summed E-state index contributed by atoms with van der Waals surface area (Å²) in [6.45, 7) is 0. The maximum absolute atomic E-state index is 13.5. The third-order valence-corrected chi connectivity index (χ3v) is 4.17. The first-order chi connectivity index (χ1) is 9.29. The number of Topliss-reactive ketones (excluding diaryl/α,β-unsaturated/α-hetero) is 1. The average molecular weight is 412 g/mol. The van der Waals surface area contributed by atoms with E-state index in [0.29, 0.717) is 9.26 Å². The zero-order valence-corrected chi connectivity index (χ0v) is 12.7. The summed E-state index contributed by atoms with van der Waals surface area (Å²) in [5.41, 5.74) is 0.515. The molecule has 0 aliphatic heterocycles. The second kappa shape index (κ2) is 4.49. The van der Waals surface area contributed by atoms with Crippen molar-refractivity contribution in [2.24, 2.45) is 0 Å². The van der Waals surface area contributed by atoms with Crippen molar-refractivity contribution in [1.82, 2.24) is 4.57 Å². The number of hydrogen-bond donors (Lipinski definition) is 0. The fourth-order valence-electron chi connectivity index (χ4n) is 2.31. The summed E-state index contributed by atoms with van der Waals surface area (Å²) in [6.07, 6.45) is 0.849. The van der Waals surface area contributed by atoms with Gasteiger partial charge in [-0.25, -0.2) is 4.39 Å². The predicted octanol–water partition coefficient (Wildman–Crippen LogP) is 4.25. The Morgan fingerprint density at radius 3 is 2.65 bits per heavy atom. The van der Waals surface area contributed by atoms with E-state index in [9.17, 15) is 18.0 Å². The van der Waals surface area contributed by atoms with Crippen molar-refractivity contribution in [2.75, 3.05) is 0 Å². The van der Waals surface area contributed by atoms with Gasteiger partial charge in [0.15, 0.2) is 0 Å². The lowest BCUT2D eigenvalue weighted by molar-refractivity contribution is 0.0161. The summed E-state index contributed by atoms with van der Waals surface area (Å²) in [5.74, 6) is -5.15. The van der Waals surface area contributed by atoms with Gasteiger partial charge in [-0.1, -0.05) is 11.6 Å². The number of fused-ring (bicyclic) bond motifs is 1. The molecule has 0 radical (unpaired) electrons. The largest absolute Gasteiger partial charge is 0.319 e. The summed E-state index contributed by atoms with van der Waals surface area (Å²) in [7, 11) is 0. The fraction of sp³-hybridized carbons (Fsp3) is 0.154. The van der Waals surface area contributed by atoms with Gasteiger partial charge in [-0.2, -0.15) is 8.78 Å². The van der Waals surface area contributed by atoms with Gasteiger partial charge in [-0.05, 0) is 40.8 Å². The highest BCUT2D eigenvalue weighted by Crippen LogP contribution is 2.39. The molecule has 0 fully saturated rings. The summed E-state index contributed by atoms with van der Waals surface area (Å²) in [6, 6.07) is 3.77. The Morgan fingerprint density at radius 2 is 2.00 bits per heavy atom. The van der Waals surface area contributed by atoms with Crippen LogP contribution >= 0.6 is 34.2 Å². The molecule has 20 heavy (non-hydrogen) atoms. The number of halogens is 5. The van der Waals surface area contributed by atoms with Crippen LogP contribution in [-0.4, -0.2) is 16.3 Å². The number of alkyl halides is 2. The lowest BCUT2D eigenvalue weighted by Crippen LogP contribution is -2.24. The number of benzene rings is 1. The van der Waals surface area contributed by atoms with Crippen LogP contribution in [0.4, 0.5) is 13.2 Å². The second-order valence-electron chi connectivity index (χ2n) is 4.51. The van der Waals surface area contributed by atoms with Gasteiger partial charge in [-0.15, -0.1) is 0 Å². The van der Waals surface area contributed by atoms with Crippen molar-refractivity contribution in [2.45, 2.75) is 12.3 Å². The van der Waals surface area contributed by atoms with Gasteiger partial charge in [0.05, 0.1) is 12.0 Å². The molecule has 1 aliphatic carbocycles. The SMILES string of the molecule is O=C1c2c(I)cn(-c3cc(F)cc(Cl)c3)c2CC1(F)F. The first-order valence-corrected chi connectivity index (χ1v) is 7.04. The molecule has 0 saturated carbocycles. The van der Waals surface area contributed by atoms with Gasteiger partial charge >= 0.3 is 5.92 Å². The van der Waals surface area contributed by atoms with E-state index in [2.05, 4.69) is 0 Å². The summed E-state index contributed by atoms with van der Waals surface area (Å²) in [5, 5.41) is 0.161. The number of carbonyl (C=O) groups is 1. The monoisotopic (exact) mass is 411 g/mol. The van der Waals surface area contributed by atoms with Crippen LogP contribution in [0.25, 0.3) is 5.69 Å². The summed E-state index contributed by atoms with van der Waals surface area (Å²) >= 11 is 7.59. The molecule has 0 atom stereocenters. The molecular weight excluding hydrogens is 406 g/mol. The second-order valence-corrected chi connectivity index (χ2v) is 6.11. The van der Waals surface area contributed by atoms with E-state index in [1.54, 1.807) is 0 Å². The number of hydrogen-bond acceptors (Lipinski definition) is 1. The van der Waals surface area contributed by atoms with Crippen LogP contribution in [0.1, 0.15) is 16.1 Å². The molecule has 3 rings (SSSR count). The molecule has 1 aliphatic rings. The third kappa shape index (κ3) is 2.05. The van der Waals surface area contributed by atoms with Crippen LogP contribution in [0, 0.1) is 9.39 Å². The van der Waals surface area contributed by atoms with Gasteiger partial charge < -0.3 is 4.57 Å². The minimum Gasteiger partial charge on any atom is -0.319 e. The van der Waals surface area contributed by atoms with Crippen molar-refractivity contribution >= 4 is 40.0 Å². The van der Waals surface area contributed by atoms with Crippen molar-refractivity contribution in [1.29, 1.82) is 0 Å². The zero-order chi connectivity index (χ0) is 14.7. The number of carbonyl (C=O) groups excluding carboxylic acids is 1. The van der Waals surface area contributed by atoms with Gasteiger partial charge in [0.25, 0.3) is 0 Å². The number of ketones is 1. The third-order valence-electron chi connectivity index (χ3n) is 3.13. The van der Waals surface area contributed by atoms with Crippen molar-refractivity contribution in [3.63, 3.8) is 0 Å². The molecule has 2 aromatic rings. The van der Waals surface area contributed by atoms with E-state index < -0.39 is 23.9 Å². The van der Waals surface area contributed by atoms with Crippen molar-refractivity contribution < 1.29 is 18.0 Å². The molecule has 0 amide bonds. The lowest BCUT2D eigenvalue weighted by Gasteiger charge is -2.10. The molecule has 0 N–H and O–H groups in total. The van der Waals surface area contributed by atoms with E-state index >= 15 is 0 Å². The van der Waals surface area contributed by atoms with E-state index in [0.717, 1.165) is 6.07 Å². The fourth-order valence-corrected chi connectivity index (χ4v) is 3.36. The maximum atomic E-state index is 13.5. The summed E-state index contributed by atoms with van der Waals surface area (Å²) in [4.78, 5) is 11.6. The van der Waals surface area contributed by atoms with E-state index in [1.165, 1.54) is 22.9 Å². The number of nitrogens with zero attached hydrogens (tertiary/aromatic N) is 1. The standard InChI is InChI=1S/C13H6ClF3INO/c14-6-1-7(15)3-8(2-6)19-5-9(18)11-10(19)4-13(16,17)12(11)20/h1-3,5H,4H2. The van der Waals surface area contributed by atoms with Crippen LogP contribution in [0.15, 0.2) is 24.4 Å². The summed E-state index contributed by atoms with van der Waals surface area (Å²) < 4.78 is 42.3.